The third-order valence-electron chi connectivity index (χ3n) is 3.15. The fraction of sp³-hybridized carbons (Fsp3) is 0.143. The molecule has 2 N–H and O–H groups in total. The average molecular weight is 254 g/mol. The summed E-state index contributed by atoms with van der Waals surface area (Å²) in [5.74, 6) is 1.38. The summed E-state index contributed by atoms with van der Waals surface area (Å²) in [5.41, 5.74) is 8.72. The minimum Gasteiger partial charge on any atom is -0.367 e. The number of anilines is 1. The van der Waals surface area contributed by atoms with Gasteiger partial charge in [-0.25, -0.2) is 4.98 Å². The van der Waals surface area contributed by atoms with Crippen molar-refractivity contribution in [2.45, 2.75) is 6.42 Å². The molecule has 0 fully saturated rings. The third-order valence-corrected chi connectivity index (χ3v) is 3.15. The van der Waals surface area contributed by atoms with Gasteiger partial charge in [-0.15, -0.1) is 0 Å². The van der Waals surface area contributed by atoms with E-state index in [-0.39, 0.29) is 0 Å². The summed E-state index contributed by atoms with van der Waals surface area (Å²) in [5, 5.41) is 3.68. The van der Waals surface area contributed by atoms with Crippen LogP contribution in [0.5, 0.6) is 0 Å². The van der Waals surface area contributed by atoms with Crippen molar-refractivity contribution in [2.75, 3.05) is 5.73 Å². The molecule has 0 aliphatic carbocycles. The minimum absolute atomic E-state index is 0.344. The lowest BCUT2D eigenvalue weighted by Gasteiger charge is -2.04. The molecule has 19 heavy (non-hydrogen) atoms. The van der Waals surface area contributed by atoms with Crippen LogP contribution in [0.3, 0.4) is 0 Å². The Morgan fingerprint density at radius 2 is 2.05 bits per heavy atom. The summed E-state index contributed by atoms with van der Waals surface area (Å²) >= 11 is 0. The predicted octanol–water partition coefficient (Wildman–Crippen LogP) is 2.25. The van der Waals surface area contributed by atoms with Gasteiger partial charge in [0, 0.05) is 25.9 Å². The van der Waals surface area contributed by atoms with Crippen molar-refractivity contribution in [1.29, 1.82) is 0 Å². The van der Waals surface area contributed by atoms with E-state index in [0.29, 0.717) is 5.88 Å². The number of aromatic nitrogens is 3. The lowest BCUT2D eigenvalue weighted by Crippen LogP contribution is -1.98. The molecule has 0 bridgehead atoms. The summed E-state index contributed by atoms with van der Waals surface area (Å²) in [7, 11) is 1.99. The zero-order valence-electron chi connectivity index (χ0n) is 10.6. The number of nitrogen functional groups attached to an aromatic ring is 1. The van der Waals surface area contributed by atoms with Crippen molar-refractivity contribution in [3.05, 3.63) is 54.2 Å². The molecule has 0 unspecified atom stereocenters. The molecule has 0 atom stereocenters. The van der Waals surface area contributed by atoms with Crippen LogP contribution in [0, 0.1) is 0 Å². The highest BCUT2D eigenvalue weighted by atomic mass is 16.5. The van der Waals surface area contributed by atoms with Crippen molar-refractivity contribution in [2.24, 2.45) is 7.05 Å². The highest BCUT2D eigenvalue weighted by molar-refractivity contribution is 5.71. The number of imidazole rings is 1. The quantitative estimate of drug-likeness (QED) is 0.778. The smallest absolute Gasteiger partial charge is 0.229 e. The normalized spacial score (nSPS) is 10.8. The maximum Gasteiger partial charge on any atom is 0.229 e. The van der Waals surface area contributed by atoms with Gasteiger partial charge < -0.3 is 14.8 Å². The van der Waals surface area contributed by atoms with E-state index >= 15 is 0 Å². The summed E-state index contributed by atoms with van der Waals surface area (Å²) < 4.78 is 6.88. The van der Waals surface area contributed by atoms with Crippen LogP contribution in [0.15, 0.2) is 47.4 Å². The van der Waals surface area contributed by atoms with E-state index in [0.717, 1.165) is 23.4 Å². The molecule has 0 saturated carbocycles. The molecule has 5 nitrogen and oxygen atoms in total. The summed E-state index contributed by atoms with van der Waals surface area (Å²) in [6.45, 7) is 0. The van der Waals surface area contributed by atoms with E-state index < -0.39 is 0 Å². The van der Waals surface area contributed by atoms with Crippen LogP contribution in [0.25, 0.3) is 11.1 Å². The van der Waals surface area contributed by atoms with Crippen LogP contribution in [0.2, 0.25) is 0 Å². The Morgan fingerprint density at radius 1 is 1.26 bits per heavy atom. The second-order valence-corrected chi connectivity index (χ2v) is 4.43. The zero-order chi connectivity index (χ0) is 13.2. The summed E-state index contributed by atoms with van der Waals surface area (Å²) in [6, 6.07) is 8.16. The standard InChI is InChI=1S/C14H14N4O/c1-18-7-6-16-13(18)8-10-2-4-11(5-3-10)12-9-17-19-14(12)15/h2-7,9H,8,15H2,1H3. The Balaban J connectivity index is 1.84. The number of hydrogen-bond donors (Lipinski definition) is 1. The first-order chi connectivity index (χ1) is 9.24. The number of rotatable bonds is 3. The highest BCUT2D eigenvalue weighted by Crippen LogP contribution is 2.25. The molecule has 3 rings (SSSR count). The van der Waals surface area contributed by atoms with Gasteiger partial charge in [-0.2, -0.15) is 0 Å². The maximum atomic E-state index is 5.70. The molecule has 1 aromatic carbocycles. The highest BCUT2D eigenvalue weighted by Gasteiger charge is 2.07. The molecule has 0 amide bonds. The van der Waals surface area contributed by atoms with E-state index in [4.69, 9.17) is 10.3 Å². The topological polar surface area (TPSA) is 69.9 Å². The van der Waals surface area contributed by atoms with Gasteiger partial charge in [0.2, 0.25) is 5.88 Å². The van der Waals surface area contributed by atoms with Gasteiger partial charge >= 0.3 is 0 Å². The van der Waals surface area contributed by atoms with Crippen molar-refractivity contribution in [3.63, 3.8) is 0 Å². The molecule has 0 spiro atoms. The number of hydrogen-bond acceptors (Lipinski definition) is 4. The van der Waals surface area contributed by atoms with Crippen LogP contribution >= 0.6 is 0 Å². The molecule has 0 radical (unpaired) electrons. The molecule has 0 saturated heterocycles. The summed E-state index contributed by atoms with van der Waals surface area (Å²) in [6.07, 6.45) is 6.19. The Kier molecular flexibility index (Phi) is 2.79. The van der Waals surface area contributed by atoms with E-state index in [9.17, 15) is 0 Å². The maximum absolute atomic E-state index is 5.70. The first kappa shape index (κ1) is 11.5. The predicted molar refractivity (Wildman–Crippen MR) is 72.4 cm³/mol. The van der Waals surface area contributed by atoms with Crippen LogP contribution in [-0.4, -0.2) is 14.7 Å². The van der Waals surface area contributed by atoms with Crippen LogP contribution in [0.4, 0.5) is 5.88 Å². The molecule has 2 aromatic heterocycles. The van der Waals surface area contributed by atoms with Crippen LogP contribution in [-0.2, 0) is 13.5 Å². The first-order valence-corrected chi connectivity index (χ1v) is 5.99. The Bertz CT molecular complexity index is 682. The third kappa shape index (κ3) is 2.22. The molecule has 3 aromatic rings. The molecule has 0 aliphatic heterocycles. The minimum atomic E-state index is 0.344. The van der Waals surface area contributed by atoms with Gasteiger partial charge in [0.25, 0.3) is 0 Å². The van der Waals surface area contributed by atoms with Gasteiger partial charge in [-0.05, 0) is 11.1 Å². The van der Waals surface area contributed by atoms with Gasteiger partial charge in [-0.1, -0.05) is 29.4 Å². The molecule has 2 heterocycles. The van der Waals surface area contributed by atoms with Crippen molar-refractivity contribution in [1.82, 2.24) is 14.7 Å². The van der Waals surface area contributed by atoms with Crippen molar-refractivity contribution in [3.8, 4) is 11.1 Å². The SMILES string of the molecule is Cn1ccnc1Cc1ccc(-c2cnoc2N)cc1. The molecular weight excluding hydrogens is 240 g/mol. The van der Waals surface area contributed by atoms with E-state index in [1.165, 1.54) is 5.56 Å². The number of benzene rings is 1. The molecule has 96 valence electrons. The van der Waals surface area contributed by atoms with Gasteiger partial charge in [-0.3, -0.25) is 0 Å². The lowest BCUT2D eigenvalue weighted by molar-refractivity contribution is 0.436. The Morgan fingerprint density at radius 3 is 2.63 bits per heavy atom. The number of nitrogens with two attached hydrogens (primary N) is 1. The van der Waals surface area contributed by atoms with E-state index in [2.05, 4.69) is 22.3 Å². The second-order valence-electron chi connectivity index (χ2n) is 4.43. The summed E-state index contributed by atoms with van der Waals surface area (Å²) in [4.78, 5) is 4.32. The van der Waals surface area contributed by atoms with Gasteiger partial charge in [0.1, 0.15) is 5.82 Å². The van der Waals surface area contributed by atoms with Gasteiger partial charge in [0.05, 0.1) is 11.8 Å². The molecule has 5 heteroatoms. The number of aryl methyl sites for hydroxylation is 1. The van der Waals surface area contributed by atoms with Crippen LogP contribution in [0.1, 0.15) is 11.4 Å². The number of nitrogens with zero attached hydrogens (tertiary/aromatic N) is 3. The second kappa shape index (κ2) is 4.61. The zero-order valence-corrected chi connectivity index (χ0v) is 10.6. The molecule has 0 aliphatic rings. The fourth-order valence-corrected chi connectivity index (χ4v) is 2.02. The largest absolute Gasteiger partial charge is 0.367 e. The Hall–Kier alpha value is -2.56. The fourth-order valence-electron chi connectivity index (χ4n) is 2.02. The van der Waals surface area contributed by atoms with Crippen LogP contribution < -0.4 is 5.73 Å². The van der Waals surface area contributed by atoms with Crippen molar-refractivity contribution >= 4 is 5.88 Å². The average Bonchev–Trinajstić information content (AvgIpc) is 3.00. The van der Waals surface area contributed by atoms with E-state index in [1.54, 1.807) is 6.20 Å². The van der Waals surface area contributed by atoms with Crippen molar-refractivity contribution < 1.29 is 4.52 Å². The lowest BCUT2D eigenvalue weighted by atomic mass is 10.0. The monoisotopic (exact) mass is 254 g/mol. The van der Waals surface area contributed by atoms with Gasteiger partial charge in [0.15, 0.2) is 0 Å². The first-order valence-electron chi connectivity index (χ1n) is 5.99. The van der Waals surface area contributed by atoms with E-state index in [1.807, 2.05) is 36.1 Å². The molecular formula is C14H14N4O. The Labute approximate surface area is 110 Å².